The van der Waals surface area contributed by atoms with Crippen LogP contribution in [0.2, 0.25) is 0 Å². The Morgan fingerprint density at radius 3 is 2.35 bits per heavy atom. The summed E-state index contributed by atoms with van der Waals surface area (Å²) in [5.74, 6) is 0.686. The quantitative estimate of drug-likeness (QED) is 0.542. The summed E-state index contributed by atoms with van der Waals surface area (Å²) >= 11 is 0. The van der Waals surface area contributed by atoms with E-state index >= 15 is 0 Å². The van der Waals surface area contributed by atoms with Crippen LogP contribution in [0.15, 0.2) is 24.3 Å². The van der Waals surface area contributed by atoms with Crippen LogP contribution in [0.25, 0.3) is 0 Å². The second-order valence-electron chi connectivity index (χ2n) is 9.73. The van der Waals surface area contributed by atoms with Crippen molar-refractivity contribution in [3.05, 3.63) is 52.1 Å². The first-order valence-corrected chi connectivity index (χ1v) is 11.3. The monoisotopic (exact) mass is 465 g/mol. The third-order valence-corrected chi connectivity index (χ3v) is 6.13. The highest BCUT2D eigenvalue weighted by Gasteiger charge is 2.30. The van der Waals surface area contributed by atoms with E-state index in [2.05, 4.69) is 31.4 Å². The van der Waals surface area contributed by atoms with Crippen LogP contribution in [0.4, 0.5) is 11.4 Å². The summed E-state index contributed by atoms with van der Waals surface area (Å²) in [6.07, 6.45) is 0. The third-order valence-electron chi connectivity index (χ3n) is 6.13. The fraction of sp³-hybridized carbons (Fsp3) is 0.423. The Kier molecular flexibility index (Phi) is 6.91. The number of benzene rings is 2. The Balaban J connectivity index is 1.94. The van der Waals surface area contributed by atoms with Gasteiger partial charge >= 0.3 is 0 Å². The zero-order chi connectivity index (χ0) is 25.4. The van der Waals surface area contributed by atoms with Gasteiger partial charge in [-0.1, -0.05) is 20.8 Å². The summed E-state index contributed by atoms with van der Waals surface area (Å²) in [6.45, 7) is 6.75. The topological polar surface area (TPSA) is 97.8 Å². The summed E-state index contributed by atoms with van der Waals surface area (Å²) in [6, 6.07) is 7.38. The van der Waals surface area contributed by atoms with E-state index in [1.54, 1.807) is 38.2 Å². The number of nitrogens with zero attached hydrogens (tertiary/aromatic N) is 2. The first-order chi connectivity index (χ1) is 15.9. The second-order valence-corrected chi connectivity index (χ2v) is 9.73. The number of methoxy groups -OCH3 is 1. The maximum absolute atomic E-state index is 13.4. The van der Waals surface area contributed by atoms with Gasteiger partial charge in [-0.2, -0.15) is 0 Å². The molecule has 0 radical (unpaired) electrons. The molecule has 0 aliphatic carbocycles. The molecule has 0 aromatic heterocycles. The largest absolute Gasteiger partial charge is 0.494 e. The zero-order valence-electron chi connectivity index (χ0n) is 21.3. The second kappa shape index (κ2) is 9.37. The number of nitrogens with one attached hydrogen (secondary N) is 3. The highest BCUT2D eigenvalue weighted by molar-refractivity contribution is 6.08. The van der Waals surface area contributed by atoms with E-state index in [-0.39, 0.29) is 29.5 Å². The fourth-order valence-corrected chi connectivity index (χ4v) is 4.28. The molecule has 8 heteroatoms. The van der Waals surface area contributed by atoms with Crippen molar-refractivity contribution in [3.8, 4) is 5.75 Å². The number of ketones is 1. The van der Waals surface area contributed by atoms with E-state index in [1.807, 2.05) is 31.1 Å². The van der Waals surface area contributed by atoms with Crippen LogP contribution in [-0.2, 0) is 12.0 Å². The van der Waals surface area contributed by atoms with Crippen LogP contribution < -0.4 is 20.3 Å². The van der Waals surface area contributed by atoms with Crippen molar-refractivity contribution in [2.75, 3.05) is 52.1 Å². The van der Waals surface area contributed by atoms with Gasteiger partial charge in [0.1, 0.15) is 11.6 Å². The lowest BCUT2D eigenvalue weighted by Crippen LogP contribution is -2.30. The molecule has 182 valence electrons. The molecule has 3 N–H and O–H groups in total. The summed E-state index contributed by atoms with van der Waals surface area (Å²) in [5.41, 5.74) is 4.94. The van der Waals surface area contributed by atoms with Gasteiger partial charge in [-0.25, -0.2) is 0 Å². The Hall–Kier alpha value is -3.55. The molecule has 34 heavy (non-hydrogen) atoms. The van der Waals surface area contributed by atoms with E-state index in [0.717, 1.165) is 28.3 Å². The first-order valence-electron chi connectivity index (χ1n) is 11.3. The molecule has 0 atom stereocenters. The minimum atomic E-state index is -0.220. The van der Waals surface area contributed by atoms with Crippen LogP contribution in [0, 0.1) is 5.41 Å². The normalized spacial score (nSPS) is 12.9. The summed E-state index contributed by atoms with van der Waals surface area (Å²) < 4.78 is 5.64. The van der Waals surface area contributed by atoms with Gasteiger partial charge in [0.05, 0.1) is 24.9 Å². The van der Waals surface area contributed by atoms with Gasteiger partial charge in [0.2, 0.25) is 0 Å². The van der Waals surface area contributed by atoms with Crippen molar-refractivity contribution in [2.24, 2.45) is 0 Å². The minimum Gasteiger partial charge on any atom is -0.494 e. The molecule has 1 aliphatic heterocycles. The average Bonchev–Trinajstić information content (AvgIpc) is 3.10. The summed E-state index contributed by atoms with van der Waals surface area (Å²) in [5, 5.41) is 14.5. The molecular formula is C26H35N5O3. The number of fused-ring (bicyclic) bond motifs is 1. The molecular weight excluding hydrogens is 430 g/mol. The van der Waals surface area contributed by atoms with Crippen LogP contribution >= 0.6 is 0 Å². The average molecular weight is 466 g/mol. The zero-order valence-corrected chi connectivity index (χ0v) is 21.3. The van der Waals surface area contributed by atoms with Crippen molar-refractivity contribution in [2.45, 2.75) is 32.7 Å². The predicted octanol–water partition coefficient (Wildman–Crippen LogP) is 3.48. The van der Waals surface area contributed by atoms with Gasteiger partial charge in [0.25, 0.3) is 5.91 Å². The number of ether oxygens (including phenoxy) is 1. The van der Waals surface area contributed by atoms with Gasteiger partial charge in [0.15, 0.2) is 5.78 Å². The number of carbonyl (C=O) groups is 2. The Morgan fingerprint density at radius 2 is 1.82 bits per heavy atom. The van der Waals surface area contributed by atoms with E-state index in [9.17, 15) is 9.59 Å². The molecule has 0 spiro atoms. The lowest BCUT2D eigenvalue weighted by Gasteiger charge is -2.25. The molecule has 0 saturated carbocycles. The molecule has 1 aliphatic rings. The number of rotatable bonds is 7. The smallest absolute Gasteiger partial charge is 0.253 e. The standard InChI is InChI=1S/C26H35N5O3/c1-26(2,3)19-9-15(10-20(28-4)23(19)34-8)22(32)14-31-13-16-11-21(30(6)7)18(25(33)29-5)12-17(16)24(31)27/h9-12,27-28H,13-14H2,1-8H3,(H,29,33). The van der Waals surface area contributed by atoms with Crippen LogP contribution in [0.5, 0.6) is 5.75 Å². The van der Waals surface area contributed by atoms with Gasteiger partial charge in [-0.05, 0) is 35.2 Å². The highest BCUT2D eigenvalue weighted by atomic mass is 16.5. The molecule has 0 bridgehead atoms. The number of amides is 1. The number of amidine groups is 1. The molecule has 2 aromatic carbocycles. The molecule has 1 amide bonds. The Labute approximate surface area is 201 Å². The van der Waals surface area contributed by atoms with Gasteiger partial charge < -0.3 is 25.2 Å². The highest BCUT2D eigenvalue weighted by Crippen LogP contribution is 2.38. The Morgan fingerprint density at radius 1 is 1.15 bits per heavy atom. The number of hydrogen-bond acceptors (Lipinski definition) is 6. The molecule has 0 saturated heterocycles. The van der Waals surface area contributed by atoms with E-state index in [0.29, 0.717) is 23.2 Å². The predicted molar refractivity (Wildman–Crippen MR) is 137 cm³/mol. The van der Waals surface area contributed by atoms with Gasteiger partial charge in [-0.15, -0.1) is 0 Å². The van der Waals surface area contributed by atoms with Crippen molar-refractivity contribution >= 4 is 28.9 Å². The molecule has 0 fully saturated rings. The third kappa shape index (κ3) is 4.58. The van der Waals surface area contributed by atoms with E-state index in [4.69, 9.17) is 10.1 Å². The lowest BCUT2D eigenvalue weighted by atomic mass is 9.84. The maximum atomic E-state index is 13.4. The van der Waals surface area contributed by atoms with Crippen LogP contribution in [0.3, 0.4) is 0 Å². The molecule has 0 unspecified atom stereocenters. The first kappa shape index (κ1) is 25.1. The van der Waals surface area contributed by atoms with E-state index < -0.39 is 0 Å². The fourth-order valence-electron chi connectivity index (χ4n) is 4.28. The maximum Gasteiger partial charge on any atom is 0.253 e. The van der Waals surface area contributed by atoms with Gasteiger partial charge in [0, 0.05) is 57.1 Å². The lowest BCUT2D eigenvalue weighted by molar-refractivity contribution is 0.0955. The molecule has 1 heterocycles. The van der Waals surface area contributed by atoms with Gasteiger partial charge in [-0.3, -0.25) is 15.0 Å². The summed E-state index contributed by atoms with van der Waals surface area (Å²) in [4.78, 5) is 29.4. The van der Waals surface area contributed by atoms with Crippen molar-refractivity contribution in [3.63, 3.8) is 0 Å². The van der Waals surface area contributed by atoms with Crippen molar-refractivity contribution < 1.29 is 14.3 Å². The molecule has 3 rings (SSSR count). The van der Waals surface area contributed by atoms with Crippen molar-refractivity contribution in [1.29, 1.82) is 5.41 Å². The molecule has 8 nitrogen and oxygen atoms in total. The van der Waals surface area contributed by atoms with E-state index in [1.165, 1.54) is 0 Å². The number of hydrogen-bond donors (Lipinski definition) is 3. The number of Topliss-reactive ketones (excluding diaryl/α,β-unsaturated/α-hetero) is 1. The van der Waals surface area contributed by atoms with Crippen molar-refractivity contribution in [1.82, 2.24) is 10.2 Å². The summed E-state index contributed by atoms with van der Waals surface area (Å²) in [7, 11) is 8.78. The SMILES string of the molecule is CNC(=O)c1cc2c(cc1N(C)C)CN(CC(=O)c1cc(NC)c(OC)c(C(C)(C)C)c1)C2=N. The number of carbonyl (C=O) groups excluding carboxylic acids is 2. The van der Waals surface area contributed by atoms with Crippen LogP contribution in [-0.4, -0.2) is 64.3 Å². The van der Waals surface area contributed by atoms with Crippen LogP contribution in [0.1, 0.15) is 58.2 Å². The molecule has 2 aromatic rings. The minimum absolute atomic E-state index is 0.0686. The Bertz CT molecular complexity index is 1150. The number of anilines is 2.